The van der Waals surface area contributed by atoms with Gasteiger partial charge in [-0.25, -0.2) is 0 Å². The van der Waals surface area contributed by atoms with Crippen molar-refractivity contribution in [3.63, 3.8) is 0 Å². The first-order valence-corrected chi connectivity index (χ1v) is 7.95. The Labute approximate surface area is 113 Å². The summed E-state index contributed by atoms with van der Waals surface area (Å²) in [6.45, 7) is 6.76. The molecule has 0 N–H and O–H groups in total. The van der Waals surface area contributed by atoms with E-state index in [4.69, 9.17) is 4.74 Å². The Hall–Kier alpha value is -0.780. The summed E-state index contributed by atoms with van der Waals surface area (Å²) in [4.78, 5) is 4.57. The molecule has 1 heterocycles. The summed E-state index contributed by atoms with van der Waals surface area (Å²) in [5.74, 6) is 0.727. The zero-order valence-corrected chi connectivity index (χ0v) is 13.0. The van der Waals surface area contributed by atoms with E-state index in [1.54, 1.807) is 7.11 Å². The minimum atomic E-state index is -0.354. The van der Waals surface area contributed by atoms with Crippen molar-refractivity contribution < 1.29 is 4.74 Å². The van der Waals surface area contributed by atoms with Crippen LogP contribution < -0.4 is 3.61 Å². The zero-order valence-electron chi connectivity index (χ0n) is 10.7. The van der Waals surface area contributed by atoms with E-state index < -0.39 is 0 Å². The van der Waals surface area contributed by atoms with Gasteiger partial charge in [-0.2, -0.15) is 0 Å². The number of hydrogen-bond donors (Lipinski definition) is 0. The molecule has 2 rings (SSSR count). The molecule has 0 radical (unpaired) electrons. The van der Waals surface area contributed by atoms with E-state index in [-0.39, 0.29) is 26.3 Å². The fourth-order valence-corrected chi connectivity index (χ4v) is 4.57. The van der Waals surface area contributed by atoms with Crippen LogP contribution in [0, 0.1) is 5.41 Å². The van der Waals surface area contributed by atoms with Crippen LogP contribution in [-0.4, -0.2) is 33.9 Å². The number of methoxy groups -OCH3 is 1. The maximum absolute atomic E-state index is 5.35. The zero-order chi connectivity index (χ0) is 12.5. The fraction of sp³-hybridized carbons (Fsp3) is 0.357. The van der Waals surface area contributed by atoms with Gasteiger partial charge in [-0.3, -0.25) is 0 Å². The van der Waals surface area contributed by atoms with Crippen LogP contribution in [0.3, 0.4) is 0 Å². The van der Waals surface area contributed by atoms with E-state index in [1.165, 1.54) is 7.23 Å². The van der Waals surface area contributed by atoms with Gasteiger partial charge < -0.3 is 0 Å². The molecule has 0 spiro atoms. The van der Waals surface area contributed by atoms with Crippen LogP contribution in [0.1, 0.15) is 20.8 Å². The normalized spacial score (nSPS) is 15.5. The van der Waals surface area contributed by atoms with Gasteiger partial charge in [0.05, 0.1) is 0 Å². The van der Waals surface area contributed by atoms with Gasteiger partial charge in [0.25, 0.3) is 0 Å². The Kier molecular flexibility index (Phi) is 3.61. The van der Waals surface area contributed by atoms with Crippen molar-refractivity contribution in [2.75, 3.05) is 7.11 Å². The Morgan fingerprint density at radius 2 is 1.88 bits per heavy atom. The Morgan fingerprint density at radius 1 is 1.18 bits per heavy atom. The monoisotopic (exact) mass is 345 g/mol. The summed E-state index contributed by atoms with van der Waals surface area (Å²) < 4.78 is 8.22. The fourth-order valence-electron chi connectivity index (χ4n) is 1.52. The summed E-state index contributed by atoms with van der Waals surface area (Å²) in [6.07, 6.45) is 2.13. The van der Waals surface area contributed by atoms with Crippen LogP contribution in [-0.2, 0) is 4.74 Å². The molecule has 0 atom stereocenters. The molecule has 1 aliphatic rings. The van der Waals surface area contributed by atoms with Crippen molar-refractivity contribution >= 4 is 36.1 Å². The number of aliphatic imine (C=N–C) groups is 1. The molecule has 3 heteroatoms. The number of nitrogens with zero attached hydrogens (tertiary/aromatic N) is 1. The van der Waals surface area contributed by atoms with Crippen LogP contribution in [0.2, 0.25) is 0 Å². The number of para-hydroxylation sites is 1. The van der Waals surface area contributed by atoms with Gasteiger partial charge in [-0.15, -0.1) is 0 Å². The van der Waals surface area contributed by atoms with Gasteiger partial charge in [0.2, 0.25) is 0 Å². The maximum atomic E-state index is 5.35. The number of hydrogen-bond acceptors (Lipinski definition) is 2. The van der Waals surface area contributed by atoms with Crippen LogP contribution in [0.15, 0.2) is 39.0 Å². The molecule has 0 unspecified atom stereocenters. The van der Waals surface area contributed by atoms with E-state index >= 15 is 0 Å². The van der Waals surface area contributed by atoms with Gasteiger partial charge in [0.1, 0.15) is 0 Å². The van der Waals surface area contributed by atoms with Crippen molar-refractivity contribution in [2.24, 2.45) is 10.4 Å². The Morgan fingerprint density at radius 3 is 2.53 bits per heavy atom. The third-order valence-corrected chi connectivity index (χ3v) is 6.84. The van der Waals surface area contributed by atoms with Gasteiger partial charge in [-0.05, 0) is 0 Å². The number of benzene rings is 1. The number of allylic oxidation sites excluding steroid dienone is 1. The molecule has 1 aromatic carbocycles. The molecule has 1 aromatic rings. The van der Waals surface area contributed by atoms with Crippen LogP contribution in [0.5, 0.6) is 0 Å². The molecular formula is C14H17NOTe. The van der Waals surface area contributed by atoms with Crippen molar-refractivity contribution in [1.82, 2.24) is 0 Å². The third kappa shape index (κ3) is 2.91. The molecule has 90 valence electrons. The summed E-state index contributed by atoms with van der Waals surface area (Å²) >= 11 is -0.354. The first-order chi connectivity index (χ1) is 8.00. The van der Waals surface area contributed by atoms with Crippen molar-refractivity contribution in [1.29, 1.82) is 0 Å². The van der Waals surface area contributed by atoms with E-state index in [9.17, 15) is 0 Å². The van der Waals surface area contributed by atoms with Gasteiger partial charge >= 0.3 is 113 Å². The molecule has 2 nitrogen and oxygen atoms in total. The summed E-state index contributed by atoms with van der Waals surface area (Å²) in [5.41, 5.74) is 1.26. The standard InChI is InChI=1S/C14H17NOTe/c1-14(2,3)12-9-13(16-4)15-10-7-5-6-8-11(10)17-12/h5-9H,1-4H3. The average Bonchev–Trinajstić information content (AvgIpc) is 2.46. The SMILES string of the molecule is COC1=Nc2ccccc2[Te]C(C(C)(C)C)=C1. The third-order valence-electron chi connectivity index (χ3n) is 2.52. The molecule has 1 aliphatic heterocycles. The minimum absolute atomic E-state index is 0.193. The van der Waals surface area contributed by atoms with Gasteiger partial charge in [-0.1, -0.05) is 0 Å². The first kappa shape index (κ1) is 12.7. The summed E-state index contributed by atoms with van der Waals surface area (Å²) in [7, 11) is 1.68. The van der Waals surface area contributed by atoms with Crippen LogP contribution in [0.25, 0.3) is 0 Å². The van der Waals surface area contributed by atoms with E-state index in [0.717, 1.165) is 11.6 Å². The first-order valence-electron chi connectivity index (χ1n) is 5.62. The van der Waals surface area contributed by atoms with E-state index in [2.05, 4.69) is 50.0 Å². The van der Waals surface area contributed by atoms with Gasteiger partial charge in [0.15, 0.2) is 0 Å². The molecule has 0 saturated heterocycles. The van der Waals surface area contributed by atoms with Crippen molar-refractivity contribution in [2.45, 2.75) is 20.8 Å². The molecule has 0 aromatic heterocycles. The van der Waals surface area contributed by atoms with E-state index in [1.807, 2.05) is 6.07 Å². The van der Waals surface area contributed by atoms with Crippen molar-refractivity contribution in [3.8, 4) is 0 Å². The Balaban J connectivity index is 2.51. The molecule has 0 aliphatic carbocycles. The van der Waals surface area contributed by atoms with Crippen LogP contribution >= 0.6 is 0 Å². The topological polar surface area (TPSA) is 21.6 Å². The average molecular weight is 343 g/mol. The number of ether oxygens (including phenoxy) is 1. The summed E-state index contributed by atoms with van der Waals surface area (Å²) in [6, 6.07) is 8.39. The molecular weight excluding hydrogens is 326 g/mol. The second kappa shape index (κ2) is 4.84. The second-order valence-electron chi connectivity index (χ2n) is 4.98. The number of fused-ring (bicyclic) bond motifs is 1. The predicted octanol–water partition coefficient (Wildman–Crippen LogP) is 2.64. The van der Waals surface area contributed by atoms with Crippen LogP contribution in [0.4, 0.5) is 5.69 Å². The molecule has 0 amide bonds. The predicted molar refractivity (Wildman–Crippen MR) is 73.5 cm³/mol. The molecule has 17 heavy (non-hydrogen) atoms. The van der Waals surface area contributed by atoms with Gasteiger partial charge in [0, 0.05) is 0 Å². The number of rotatable bonds is 0. The molecule has 0 saturated carbocycles. The molecule has 0 fully saturated rings. The second-order valence-corrected chi connectivity index (χ2v) is 8.08. The van der Waals surface area contributed by atoms with E-state index in [0.29, 0.717) is 0 Å². The Bertz CT molecular complexity index is 483. The summed E-state index contributed by atoms with van der Waals surface area (Å²) in [5, 5.41) is 0. The molecule has 0 bridgehead atoms. The quantitative estimate of drug-likeness (QED) is 0.664. The van der Waals surface area contributed by atoms with Crippen molar-refractivity contribution in [3.05, 3.63) is 34.0 Å².